The van der Waals surface area contributed by atoms with E-state index in [1.807, 2.05) is 6.92 Å². The predicted octanol–water partition coefficient (Wildman–Crippen LogP) is 2.50. The van der Waals surface area contributed by atoms with Crippen LogP contribution in [0.5, 0.6) is 5.75 Å². The normalized spacial score (nSPS) is 16.9. The lowest BCUT2D eigenvalue weighted by atomic mass is 10.1. The molecular weight excluding hydrogens is 324 g/mol. The molecule has 2 rings (SSSR count). The fourth-order valence-corrected chi connectivity index (χ4v) is 4.88. The number of piperidine rings is 1. The SMILES string of the molecule is CCCN(C1CCNCC1)S(=O)(=O)c1ccc(OC)c(Cl)c1. The Morgan fingerprint density at radius 3 is 2.59 bits per heavy atom. The summed E-state index contributed by atoms with van der Waals surface area (Å²) < 4.78 is 32.7. The Morgan fingerprint density at radius 1 is 1.36 bits per heavy atom. The quantitative estimate of drug-likeness (QED) is 0.859. The molecule has 0 spiro atoms. The van der Waals surface area contributed by atoms with Crippen LogP contribution >= 0.6 is 11.6 Å². The molecule has 1 aromatic carbocycles. The molecule has 7 heteroatoms. The number of hydrogen-bond donors (Lipinski definition) is 1. The maximum Gasteiger partial charge on any atom is 0.243 e. The minimum absolute atomic E-state index is 0.0482. The summed E-state index contributed by atoms with van der Waals surface area (Å²) in [6, 6.07) is 4.68. The van der Waals surface area contributed by atoms with E-state index in [0.29, 0.717) is 17.3 Å². The number of benzene rings is 1. The summed E-state index contributed by atoms with van der Waals surface area (Å²) in [7, 11) is -2.04. The van der Waals surface area contributed by atoms with E-state index in [1.165, 1.54) is 13.2 Å². The van der Waals surface area contributed by atoms with Gasteiger partial charge in [-0.25, -0.2) is 8.42 Å². The van der Waals surface area contributed by atoms with Crippen molar-refractivity contribution in [2.45, 2.75) is 37.1 Å². The molecule has 5 nitrogen and oxygen atoms in total. The minimum atomic E-state index is -3.54. The van der Waals surface area contributed by atoms with Crippen molar-refractivity contribution < 1.29 is 13.2 Å². The third kappa shape index (κ3) is 3.74. The third-order valence-electron chi connectivity index (χ3n) is 3.89. The molecule has 1 saturated heterocycles. The van der Waals surface area contributed by atoms with Crippen molar-refractivity contribution in [1.29, 1.82) is 0 Å². The van der Waals surface area contributed by atoms with Crippen LogP contribution in [0.2, 0.25) is 5.02 Å². The van der Waals surface area contributed by atoms with E-state index in [2.05, 4.69) is 5.32 Å². The van der Waals surface area contributed by atoms with Gasteiger partial charge in [-0.05, 0) is 50.6 Å². The van der Waals surface area contributed by atoms with Gasteiger partial charge in [-0.15, -0.1) is 0 Å². The summed E-state index contributed by atoms with van der Waals surface area (Å²) in [6.45, 7) is 4.22. The zero-order valence-electron chi connectivity index (χ0n) is 13.0. The first-order chi connectivity index (χ1) is 10.5. The van der Waals surface area contributed by atoms with Crippen LogP contribution in [0.25, 0.3) is 0 Å². The lowest BCUT2D eigenvalue weighted by Crippen LogP contribution is -2.46. The smallest absolute Gasteiger partial charge is 0.243 e. The van der Waals surface area contributed by atoms with Crippen molar-refractivity contribution in [3.8, 4) is 5.75 Å². The van der Waals surface area contributed by atoms with Crippen LogP contribution in [0.1, 0.15) is 26.2 Å². The van der Waals surface area contributed by atoms with Gasteiger partial charge in [0.05, 0.1) is 17.0 Å². The topological polar surface area (TPSA) is 58.6 Å². The first kappa shape index (κ1) is 17.5. The van der Waals surface area contributed by atoms with Crippen LogP contribution in [0.15, 0.2) is 23.1 Å². The maximum absolute atomic E-state index is 13.0. The highest BCUT2D eigenvalue weighted by Gasteiger charge is 2.32. The summed E-state index contributed by atoms with van der Waals surface area (Å²) in [5.41, 5.74) is 0. The molecule has 1 N–H and O–H groups in total. The molecular formula is C15H23ClN2O3S. The first-order valence-corrected chi connectivity index (χ1v) is 9.38. The third-order valence-corrected chi connectivity index (χ3v) is 6.13. The van der Waals surface area contributed by atoms with Gasteiger partial charge in [0.2, 0.25) is 10.0 Å². The summed E-state index contributed by atoms with van der Waals surface area (Å²) in [5.74, 6) is 0.476. The van der Waals surface area contributed by atoms with E-state index in [4.69, 9.17) is 16.3 Å². The van der Waals surface area contributed by atoms with Crippen LogP contribution in [0.3, 0.4) is 0 Å². The number of nitrogens with one attached hydrogen (secondary N) is 1. The molecule has 0 bridgehead atoms. The highest BCUT2D eigenvalue weighted by atomic mass is 35.5. The number of ether oxygens (including phenoxy) is 1. The van der Waals surface area contributed by atoms with Crippen LogP contribution in [-0.4, -0.2) is 45.5 Å². The van der Waals surface area contributed by atoms with Crippen molar-refractivity contribution in [3.05, 3.63) is 23.2 Å². The summed E-state index contributed by atoms with van der Waals surface area (Å²) in [4.78, 5) is 0.227. The van der Waals surface area contributed by atoms with Crippen LogP contribution in [0.4, 0.5) is 0 Å². The van der Waals surface area contributed by atoms with E-state index in [9.17, 15) is 8.42 Å². The molecule has 124 valence electrons. The Kier molecular flexibility index (Phi) is 6.09. The van der Waals surface area contributed by atoms with Crippen molar-refractivity contribution in [2.24, 2.45) is 0 Å². The zero-order chi connectivity index (χ0) is 16.2. The molecule has 0 unspecified atom stereocenters. The Morgan fingerprint density at radius 2 is 2.05 bits per heavy atom. The van der Waals surface area contributed by atoms with E-state index >= 15 is 0 Å². The van der Waals surface area contributed by atoms with Gasteiger partial charge >= 0.3 is 0 Å². The van der Waals surface area contributed by atoms with Crippen LogP contribution in [-0.2, 0) is 10.0 Å². The fraction of sp³-hybridized carbons (Fsp3) is 0.600. The number of rotatable bonds is 6. The number of methoxy groups -OCH3 is 1. The molecule has 1 aliphatic rings. The molecule has 22 heavy (non-hydrogen) atoms. The van der Waals surface area contributed by atoms with Gasteiger partial charge in [-0.1, -0.05) is 18.5 Å². The highest BCUT2D eigenvalue weighted by Crippen LogP contribution is 2.30. The van der Waals surface area contributed by atoms with Gasteiger partial charge in [-0.3, -0.25) is 0 Å². The van der Waals surface area contributed by atoms with Gasteiger partial charge in [0, 0.05) is 12.6 Å². The molecule has 0 aliphatic carbocycles. The maximum atomic E-state index is 13.0. The standard InChI is InChI=1S/C15H23ClN2O3S/c1-3-10-18(12-6-8-17-9-7-12)22(19,20)13-4-5-15(21-2)14(16)11-13/h4-5,11-12,17H,3,6-10H2,1-2H3. The van der Waals surface area contributed by atoms with Crippen molar-refractivity contribution in [1.82, 2.24) is 9.62 Å². The molecule has 0 radical (unpaired) electrons. The van der Waals surface area contributed by atoms with Crippen molar-refractivity contribution in [2.75, 3.05) is 26.7 Å². The second kappa shape index (κ2) is 7.64. The fourth-order valence-electron chi connectivity index (χ4n) is 2.76. The average molecular weight is 347 g/mol. The van der Waals surface area contributed by atoms with Gasteiger partial charge < -0.3 is 10.1 Å². The molecule has 0 amide bonds. The van der Waals surface area contributed by atoms with Gasteiger partial charge in [-0.2, -0.15) is 4.31 Å². The lowest BCUT2D eigenvalue weighted by molar-refractivity contribution is 0.262. The van der Waals surface area contributed by atoms with Gasteiger partial charge in [0.1, 0.15) is 5.75 Å². The number of sulfonamides is 1. The average Bonchev–Trinajstić information content (AvgIpc) is 2.53. The molecule has 1 fully saturated rings. The minimum Gasteiger partial charge on any atom is -0.495 e. The number of nitrogens with zero attached hydrogens (tertiary/aromatic N) is 1. The largest absolute Gasteiger partial charge is 0.495 e. The van der Waals surface area contributed by atoms with Crippen molar-refractivity contribution in [3.63, 3.8) is 0 Å². The molecule has 0 atom stereocenters. The highest BCUT2D eigenvalue weighted by molar-refractivity contribution is 7.89. The predicted molar refractivity (Wildman–Crippen MR) is 88.1 cm³/mol. The lowest BCUT2D eigenvalue weighted by Gasteiger charge is -2.33. The van der Waals surface area contributed by atoms with E-state index in [0.717, 1.165) is 32.4 Å². The summed E-state index contributed by atoms with van der Waals surface area (Å²) in [6.07, 6.45) is 2.46. The Bertz CT molecular complexity index is 601. The zero-order valence-corrected chi connectivity index (χ0v) is 14.6. The van der Waals surface area contributed by atoms with Crippen LogP contribution < -0.4 is 10.1 Å². The number of halogens is 1. The molecule has 1 aromatic rings. The second-order valence-electron chi connectivity index (χ2n) is 5.39. The van der Waals surface area contributed by atoms with E-state index in [-0.39, 0.29) is 10.9 Å². The monoisotopic (exact) mass is 346 g/mol. The van der Waals surface area contributed by atoms with Gasteiger partial charge in [0.15, 0.2) is 0 Å². The Hall–Kier alpha value is -0.820. The molecule has 0 saturated carbocycles. The van der Waals surface area contributed by atoms with Crippen LogP contribution in [0, 0.1) is 0 Å². The molecule has 1 heterocycles. The Balaban J connectivity index is 2.33. The Labute approximate surface area is 137 Å². The second-order valence-corrected chi connectivity index (χ2v) is 7.69. The molecule has 1 aliphatic heterocycles. The van der Waals surface area contributed by atoms with E-state index in [1.54, 1.807) is 16.4 Å². The van der Waals surface area contributed by atoms with Crippen molar-refractivity contribution >= 4 is 21.6 Å². The van der Waals surface area contributed by atoms with E-state index < -0.39 is 10.0 Å². The summed E-state index contributed by atoms with van der Waals surface area (Å²) >= 11 is 6.09. The summed E-state index contributed by atoms with van der Waals surface area (Å²) in [5, 5.41) is 3.58. The molecule has 0 aromatic heterocycles. The number of hydrogen-bond acceptors (Lipinski definition) is 4. The first-order valence-electron chi connectivity index (χ1n) is 7.56. The van der Waals surface area contributed by atoms with Gasteiger partial charge in [0.25, 0.3) is 0 Å².